The van der Waals surface area contributed by atoms with Gasteiger partial charge in [-0.3, -0.25) is 9.69 Å². The van der Waals surface area contributed by atoms with Crippen LogP contribution in [0.4, 0.5) is 5.69 Å². The number of ether oxygens (including phenoxy) is 2. The van der Waals surface area contributed by atoms with E-state index in [-0.39, 0.29) is 11.7 Å². The fraction of sp³-hybridized carbons (Fsp3) is 0.105. The molecular formula is C19H13BrClNO5S2. The number of anilines is 1. The average molecular weight is 515 g/mol. The zero-order valence-corrected chi connectivity index (χ0v) is 18.8. The van der Waals surface area contributed by atoms with Crippen LogP contribution in [0.1, 0.15) is 5.56 Å². The summed E-state index contributed by atoms with van der Waals surface area (Å²) in [4.78, 5) is 25.6. The number of carbonyl (C=O) groups excluding carboxylic acids is 1. The number of rotatable bonds is 6. The molecule has 0 aromatic heterocycles. The van der Waals surface area contributed by atoms with Gasteiger partial charge in [0.25, 0.3) is 5.91 Å². The molecule has 10 heteroatoms. The zero-order valence-electron chi connectivity index (χ0n) is 14.8. The maximum atomic E-state index is 13.0. The molecule has 0 aliphatic carbocycles. The molecule has 1 heterocycles. The van der Waals surface area contributed by atoms with Crippen LogP contribution in [-0.2, 0) is 9.59 Å². The SMILES string of the molecule is COc1cccc(/C=C2/SC(=S)N(c3ccc(Br)c(Cl)c3)C2=O)c1OCC(=O)O. The first-order chi connectivity index (χ1) is 13.8. The Hall–Kier alpha value is -2.07. The maximum absolute atomic E-state index is 13.0. The molecule has 0 saturated carbocycles. The number of hydrogen-bond acceptors (Lipinski definition) is 6. The van der Waals surface area contributed by atoms with E-state index in [4.69, 9.17) is 38.4 Å². The Balaban J connectivity index is 1.97. The maximum Gasteiger partial charge on any atom is 0.341 e. The Bertz CT molecular complexity index is 1040. The van der Waals surface area contributed by atoms with Crippen LogP contribution in [0.3, 0.4) is 0 Å². The van der Waals surface area contributed by atoms with Crippen molar-refractivity contribution in [2.75, 3.05) is 18.6 Å². The summed E-state index contributed by atoms with van der Waals surface area (Å²) in [5, 5.41) is 9.37. The molecule has 0 radical (unpaired) electrons. The summed E-state index contributed by atoms with van der Waals surface area (Å²) in [6, 6.07) is 10.2. The van der Waals surface area contributed by atoms with Crippen molar-refractivity contribution in [3.8, 4) is 11.5 Å². The first-order valence-corrected chi connectivity index (χ1v) is 10.5. The van der Waals surface area contributed by atoms with Crippen LogP contribution in [0.5, 0.6) is 11.5 Å². The minimum Gasteiger partial charge on any atom is -0.493 e. The van der Waals surface area contributed by atoms with Gasteiger partial charge in [-0.05, 0) is 46.3 Å². The molecule has 1 N–H and O–H groups in total. The molecule has 0 spiro atoms. The van der Waals surface area contributed by atoms with E-state index in [0.29, 0.717) is 35.7 Å². The summed E-state index contributed by atoms with van der Waals surface area (Å²) in [6.07, 6.45) is 1.60. The predicted molar refractivity (Wildman–Crippen MR) is 121 cm³/mol. The van der Waals surface area contributed by atoms with Crippen LogP contribution < -0.4 is 14.4 Å². The number of halogens is 2. The lowest BCUT2D eigenvalue weighted by atomic mass is 10.1. The van der Waals surface area contributed by atoms with E-state index in [0.717, 1.165) is 11.8 Å². The Labute approximate surface area is 189 Å². The number of thiocarbonyl (C=S) groups is 1. The first-order valence-electron chi connectivity index (χ1n) is 8.06. The molecule has 2 aromatic rings. The number of aliphatic carboxylic acids is 1. The van der Waals surface area contributed by atoms with Gasteiger partial charge in [0.2, 0.25) is 0 Å². The van der Waals surface area contributed by atoms with Crippen LogP contribution in [-0.4, -0.2) is 35.0 Å². The fourth-order valence-electron chi connectivity index (χ4n) is 2.55. The standard InChI is InChI=1S/C19H13BrClNO5S2/c1-26-14-4-2-3-10(17(14)27-9-16(23)24)7-15-18(25)22(19(28)29-15)11-5-6-12(20)13(21)8-11/h2-8H,9H2,1H3,(H,23,24)/b15-7+. The van der Waals surface area contributed by atoms with Crippen LogP contribution in [0.25, 0.3) is 6.08 Å². The van der Waals surface area contributed by atoms with Gasteiger partial charge in [-0.15, -0.1) is 0 Å². The van der Waals surface area contributed by atoms with E-state index in [2.05, 4.69) is 15.9 Å². The molecule has 1 aliphatic heterocycles. The lowest BCUT2D eigenvalue weighted by Gasteiger charge is -2.15. The van der Waals surface area contributed by atoms with Gasteiger partial charge in [0.05, 0.1) is 22.7 Å². The predicted octanol–water partition coefficient (Wildman–Crippen LogP) is 4.98. The molecule has 2 aromatic carbocycles. The van der Waals surface area contributed by atoms with E-state index in [1.165, 1.54) is 12.0 Å². The van der Waals surface area contributed by atoms with Crippen molar-refractivity contribution in [1.82, 2.24) is 0 Å². The third-order valence-electron chi connectivity index (χ3n) is 3.81. The van der Waals surface area contributed by atoms with Crippen LogP contribution >= 0.6 is 51.5 Å². The van der Waals surface area contributed by atoms with Gasteiger partial charge in [0.1, 0.15) is 0 Å². The highest BCUT2D eigenvalue weighted by Gasteiger charge is 2.34. The summed E-state index contributed by atoms with van der Waals surface area (Å²) in [6.45, 7) is -0.542. The van der Waals surface area contributed by atoms with Gasteiger partial charge in [-0.25, -0.2) is 4.79 Å². The Morgan fingerprint density at radius 3 is 2.79 bits per heavy atom. The molecule has 0 atom stereocenters. The van der Waals surface area contributed by atoms with Crippen molar-refractivity contribution < 1.29 is 24.2 Å². The second-order valence-corrected chi connectivity index (χ2v) is 8.61. The minimum absolute atomic E-state index is 0.231. The molecule has 3 rings (SSSR count). The van der Waals surface area contributed by atoms with Crippen molar-refractivity contribution in [3.05, 3.63) is 56.4 Å². The molecular weight excluding hydrogens is 502 g/mol. The number of hydrogen-bond donors (Lipinski definition) is 1. The van der Waals surface area contributed by atoms with Gasteiger partial charge in [-0.2, -0.15) is 0 Å². The Morgan fingerprint density at radius 1 is 1.38 bits per heavy atom. The fourth-order valence-corrected chi connectivity index (χ4v) is 4.26. The number of benzene rings is 2. The molecule has 1 saturated heterocycles. The summed E-state index contributed by atoms with van der Waals surface area (Å²) >= 11 is 16.0. The molecule has 29 heavy (non-hydrogen) atoms. The average Bonchev–Trinajstić information content (AvgIpc) is 2.96. The number of para-hydroxylation sites is 1. The molecule has 1 aliphatic rings. The van der Waals surface area contributed by atoms with Gasteiger partial charge < -0.3 is 14.6 Å². The van der Waals surface area contributed by atoms with Crippen LogP contribution in [0, 0.1) is 0 Å². The monoisotopic (exact) mass is 513 g/mol. The van der Waals surface area contributed by atoms with Crippen LogP contribution in [0.2, 0.25) is 5.02 Å². The van der Waals surface area contributed by atoms with Crippen molar-refractivity contribution in [1.29, 1.82) is 0 Å². The molecule has 1 amide bonds. The van der Waals surface area contributed by atoms with Crippen molar-refractivity contribution in [3.63, 3.8) is 0 Å². The van der Waals surface area contributed by atoms with Crippen molar-refractivity contribution in [2.24, 2.45) is 0 Å². The summed E-state index contributed by atoms with van der Waals surface area (Å²) in [7, 11) is 1.45. The van der Waals surface area contributed by atoms with Crippen molar-refractivity contribution in [2.45, 2.75) is 0 Å². The summed E-state index contributed by atoms with van der Waals surface area (Å²) in [5.41, 5.74) is 1.05. The largest absolute Gasteiger partial charge is 0.493 e. The summed E-state index contributed by atoms with van der Waals surface area (Å²) in [5.74, 6) is -0.852. The van der Waals surface area contributed by atoms with Gasteiger partial charge >= 0.3 is 5.97 Å². The van der Waals surface area contributed by atoms with E-state index in [9.17, 15) is 9.59 Å². The second kappa shape index (κ2) is 9.17. The number of nitrogens with zero attached hydrogens (tertiary/aromatic N) is 1. The highest BCUT2D eigenvalue weighted by molar-refractivity contribution is 9.10. The van der Waals surface area contributed by atoms with Gasteiger partial charge in [-0.1, -0.05) is 47.7 Å². The molecule has 0 unspecified atom stereocenters. The minimum atomic E-state index is -1.12. The van der Waals surface area contributed by atoms with Crippen molar-refractivity contribution >= 4 is 79.5 Å². The number of thioether (sulfide) groups is 1. The third kappa shape index (κ3) is 4.75. The Morgan fingerprint density at radius 2 is 2.14 bits per heavy atom. The number of carbonyl (C=O) groups is 2. The smallest absolute Gasteiger partial charge is 0.341 e. The second-order valence-electron chi connectivity index (χ2n) is 5.68. The van der Waals surface area contributed by atoms with Crippen LogP contribution in [0.15, 0.2) is 45.8 Å². The quantitative estimate of drug-likeness (QED) is 0.430. The number of amides is 1. The van der Waals surface area contributed by atoms with Gasteiger partial charge in [0, 0.05) is 10.0 Å². The highest BCUT2D eigenvalue weighted by Crippen LogP contribution is 2.40. The lowest BCUT2D eigenvalue weighted by molar-refractivity contribution is -0.139. The molecule has 0 bridgehead atoms. The highest BCUT2D eigenvalue weighted by atomic mass is 79.9. The third-order valence-corrected chi connectivity index (χ3v) is 6.35. The number of carboxylic acids is 1. The molecule has 6 nitrogen and oxygen atoms in total. The molecule has 1 fully saturated rings. The van der Waals surface area contributed by atoms with E-state index in [1.54, 1.807) is 42.5 Å². The first kappa shape index (κ1) is 21.6. The van der Waals surface area contributed by atoms with E-state index >= 15 is 0 Å². The number of methoxy groups -OCH3 is 1. The van der Waals surface area contributed by atoms with E-state index < -0.39 is 12.6 Å². The zero-order chi connectivity index (χ0) is 21.1. The topological polar surface area (TPSA) is 76.1 Å². The van der Waals surface area contributed by atoms with Gasteiger partial charge in [0.15, 0.2) is 22.4 Å². The number of carboxylic acid groups (broad SMARTS) is 1. The normalized spacial score (nSPS) is 15.1. The lowest BCUT2D eigenvalue weighted by Crippen LogP contribution is -2.27. The summed E-state index contributed by atoms with van der Waals surface area (Å²) < 4.78 is 11.7. The molecule has 150 valence electrons. The Kier molecular flexibility index (Phi) is 6.84. The van der Waals surface area contributed by atoms with E-state index in [1.807, 2.05) is 0 Å².